The van der Waals surface area contributed by atoms with E-state index in [9.17, 15) is 0 Å². The van der Waals surface area contributed by atoms with Crippen molar-refractivity contribution in [1.82, 2.24) is 0 Å². The normalized spacial score (nSPS) is 13.3. The molecular weight excluding hydrogens is 637 g/mol. The van der Waals surface area contributed by atoms with Crippen molar-refractivity contribution in [1.29, 1.82) is 0 Å². The second-order valence-electron chi connectivity index (χ2n) is 13.6. The van der Waals surface area contributed by atoms with E-state index < -0.39 is 5.41 Å². The maximum absolute atomic E-state index is 6.44. The molecule has 2 heterocycles. The van der Waals surface area contributed by atoms with E-state index >= 15 is 0 Å². The summed E-state index contributed by atoms with van der Waals surface area (Å²) < 4.78 is 9.11. The van der Waals surface area contributed by atoms with Crippen molar-refractivity contribution < 1.29 is 4.42 Å². The van der Waals surface area contributed by atoms with Gasteiger partial charge in [0.2, 0.25) is 0 Å². The summed E-state index contributed by atoms with van der Waals surface area (Å²) in [6.45, 7) is 0. The van der Waals surface area contributed by atoms with Gasteiger partial charge in [-0.1, -0.05) is 170 Å². The summed E-state index contributed by atoms with van der Waals surface area (Å²) >= 11 is 1.88. The van der Waals surface area contributed by atoms with Gasteiger partial charge in [0.25, 0.3) is 0 Å². The van der Waals surface area contributed by atoms with E-state index in [-0.39, 0.29) is 0 Å². The fourth-order valence-electron chi connectivity index (χ4n) is 8.77. The predicted octanol–water partition coefficient (Wildman–Crippen LogP) is 13.7. The van der Waals surface area contributed by atoms with Crippen molar-refractivity contribution in [2.24, 2.45) is 0 Å². The highest BCUT2D eigenvalue weighted by Gasteiger charge is 2.45. The summed E-state index contributed by atoms with van der Waals surface area (Å²) in [5, 5.41) is 4.95. The van der Waals surface area contributed by atoms with Gasteiger partial charge in [-0.3, -0.25) is 0 Å². The first kappa shape index (κ1) is 28.6. The summed E-state index contributed by atoms with van der Waals surface area (Å²) in [7, 11) is 0. The van der Waals surface area contributed by atoms with Crippen molar-refractivity contribution in [3.05, 3.63) is 204 Å². The smallest absolute Gasteiger partial charge is 0.143 e. The molecule has 1 aliphatic rings. The third-order valence-corrected chi connectivity index (χ3v) is 12.2. The van der Waals surface area contributed by atoms with Gasteiger partial charge in [0, 0.05) is 36.5 Å². The molecule has 8 aromatic carbocycles. The second-order valence-corrected chi connectivity index (χ2v) is 14.6. The molecule has 0 spiro atoms. The molecule has 0 N–H and O–H groups in total. The number of hydrogen-bond acceptors (Lipinski definition) is 2. The molecule has 0 fully saturated rings. The molecule has 2 heteroatoms. The Labute approximate surface area is 299 Å². The molecule has 0 amide bonds. The molecule has 238 valence electrons. The standard InChI is InChI=1S/C49H30OS/c1-5-19-43-37(11-1)38-12-2-6-20-44(38)49(43,33-27-23-31(24-28-33)35-15-9-17-41-39-13-3-7-21-45(39)50-47(35)41)34-29-25-32(26-30-34)36-16-10-18-42-40-14-4-8-22-46(40)51-48(36)42/h1-30H. The average molecular weight is 667 g/mol. The third kappa shape index (κ3) is 4.03. The van der Waals surface area contributed by atoms with Gasteiger partial charge in [0.1, 0.15) is 11.2 Å². The summed E-state index contributed by atoms with van der Waals surface area (Å²) in [5.41, 5.74) is 13.9. The highest BCUT2D eigenvalue weighted by molar-refractivity contribution is 7.26. The first-order valence-electron chi connectivity index (χ1n) is 17.5. The fourth-order valence-corrected chi connectivity index (χ4v) is 10.0. The molecule has 10 aromatic rings. The molecular formula is C49H30OS. The first-order chi connectivity index (χ1) is 25.3. The quantitative estimate of drug-likeness (QED) is 0.182. The van der Waals surface area contributed by atoms with Crippen LogP contribution >= 0.6 is 11.3 Å². The van der Waals surface area contributed by atoms with Crippen LogP contribution in [-0.4, -0.2) is 0 Å². The predicted molar refractivity (Wildman–Crippen MR) is 215 cm³/mol. The Bertz CT molecular complexity index is 2750. The summed E-state index contributed by atoms with van der Waals surface area (Å²) in [6, 6.07) is 66.8. The number of benzene rings is 8. The van der Waals surface area contributed by atoms with Gasteiger partial charge >= 0.3 is 0 Å². The lowest BCUT2D eigenvalue weighted by Crippen LogP contribution is -2.28. The molecule has 1 nitrogen and oxygen atoms in total. The average Bonchev–Trinajstić information content (AvgIpc) is 3.87. The van der Waals surface area contributed by atoms with Crippen LogP contribution in [0.1, 0.15) is 22.3 Å². The Balaban J connectivity index is 1.10. The zero-order chi connectivity index (χ0) is 33.5. The molecule has 1 aliphatic carbocycles. The van der Waals surface area contributed by atoms with Gasteiger partial charge < -0.3 is 4.42 Å². The molecule has 51 heavy (non-hydrogen) atoms. The number of para-hydroxylation sites is 2. The highest BCUT2D eigenvalue weighted by Crippen LogP contribution is 2.56. The van der Waals surface area contributed by atoms with Gasteiger partial charge in [-0.2, -0.15) is 0 Å². The molecule has 0 unspecified atom stereocenters. The van der Waals surface area contributed by atoms with Gasteiger partial charge in [0.05, 0.1) is 5.41 Å². The van der Waals surface area contributed by atoms with Crippen LogP contribution in [0, 0.1) is 0 Å². The van der Waals surface area contributed by atoms with Crippen LogP contribution in [0.15, 0.2) is 186 Å². The summed E-state index contributed by atoms with van der Waals surface area (Å²) in [6.07, 6.45) is 0. The molecule has 0 saturated carbocycles. The Kier molecular flexibility index (Phi) is 6.11. The number of rotatable bonds is 4. The van der Waals surface area contributed by atoms with Gasteiger partial charge in [0.15, 0.2) is 0 Å². The van der Waals surface area contributed by atoms with Crippen LogP contribution < -0.4 is 0 Å². The zero-order valence-electron chi connectivity index (χ0n) is 27.6. The van der Waals surface area contributed by atoms with Gasteiger partial charge in [-0.05, 0) is 62.2 Å². The fraction of sp³-hybridized carbons (Fsp3) is 0.0204. The van der Waals surface area contributed by atoms with Crippen molar-refractivity contribution in [2.75, 3.05) is 0 Å². The lowest BCUT2D eigenvalue weighted by Gasteiger charge is -2.34. The first-order valence-corrected chi connectivity index (χ1v) is 18.3. The zero-order valence-corrected chi connectivity index (χ0v) is 28.5. The van der Waals surface area contributed by atoms with E-state index in [4.69, 9.17) is 4.42 Å². The minimum absolute atomic E-state index is 0.473. The maximum Gasteiger partial charge on any atom is 0.143 e. The van der Waals surface area contributed by atoms with Crippen LogP contribution in [0.2, 0.25) is 0 Å². The highest BCUT2D eigenvalue weighted by atomic mass is 32.1. The van der Waals surface area contributed by atoms with Crippen LogP contribution in [0.5, 0.6) is 0 Å². The SMILES string of the molecule is c1ccc2c(c1)-c1ccccc1C2(c1ccc(-c2cccc3c2oc2ccccc23)cc1)c1ccc(-c2cccc3c2sc2ccccc23)cc1. The Morgan fingerprint density at radius 3 is 1.59 bits per heavy atom. The van der Waals surface area contributed by atoms with Crippen molar-refractivity contribution in [2.45, 2.75) is 5.41 Å². The number of hydrogen-bond donors (Lipinski definition) is 0. The third-order valence-electron chi connectivity index (χ3n) is 11.0. The molecule has 0 aliphatic heterocycles. The van der Waals surface area contributed by atoms with Crippen LogP contribution in [0.3, 0.4) is 0 Å². The lowest BCUT2D eigenvalue weighted by atomic mass is 9.67. The number of fused-ring (bicyclic) bond motifs is 9. The Morgan fingerprint density at radius 1 is 0.373 bits per heavy atom. The molecule has 0 saturated heterocycles. The summed E-state index contributed by atoms with van der Waals surface area (Å²) in [4.78, 5) is 0. The van der Waals surface area contributed by atoms with Crippen LogP contribution in [0.25, 0.3) is 75.5 Å². The van der Waals surface area contributed by atoms with Crippen LogP contribution in [-0.2, 0) is 5.41 Å². The molecule has 0 radical (unpaired) electrons. The van der Waals surface area contributed by atoms with Gasteiger partial charge in [-0.15, -0.1) is 11.3 Å². The lowest BCUT2D eigenvalue weighted by molar-refractivity contribution is 0.670. The second kappa shape index (κ2) is 10.9. The minimum Gasteiger partial charge on any atom is -0.455 e. The number of furan rings is 1. The Hall–Kier alpha value is -6.22. The molecule has 0 bridgehead atoms. The van der Waals surface area contributed by atoms with Crippen molar-refractivity contribution in [3.63, 3.8) is 0 Å². The minimum atomic E-state index is -0.473. The van der Waals surface area contributed by atoms with E-state index in [1.165, 1.54) is 64.7 Å². The topological polar surface area (TPSA) is 13.1 Å². The van der Waals surface area contributed by atoms with E-state index in [0.29, 0.717) is 0 Å². The van der Waals surface area contributed by atoms with Crippen LogP contribution in [0.4, 0.5) is 0 Å². The Morgan fingerprint density at radius 2 is 0.882 bits per heavy atom. The largest absolute Gasteiger partial charge is 0.455 e. The van der Waals surface area contributed by atoms with E-state index in [0.717, 1.165) is 33.1 Å². The maximum atomic E-state index is 6.44. The number of thiophene rings is 1. The van der Waals surface area contributed by atoms with Gasteiger partial charge in [-0.25, -0.2) is 0 Å². The van der Waals surface area contributed by atoms with Crippen molar-refractivity contribution >= 4 is 53.4 Å². The molecule has 2 aromatic heterocycles. The van der Waals surface area contributed by atoms with E-state index in [1.54, 1.807) is 0 Å². The van der Waals surface area contributed by atoms with Crippen molar-refractivity contribution in [3.8, 4) is 33.4 Å². The summed E-state index contributed by atoms with van der Waals surface area (Å²) in [5.74, 6) is 0. The molecule has 11 rings (SSSR count). The van der Waals surface area contributed by atoms with E-state index in [2.05, 4.69) is 176 Å². The molecule has 0 atom stereocenters. The monoisotopic (exact) mass is 666 g/mol. The van der Waals surface area contributed by atoms with E-state index in [1.807, 2.05) is 17.4 Å².